The summed E-state index contributed by atoms with van der Waals surface area (Å²) in [6, 6.07) is -0.224. The van der Waals surface area contributed by atoms with E-state index in [1.165, 1.54) is 0 Å². The third kappa shape index (κ3) is 5.74. The number of aliphatic hydroxyl groups is 1. The van der Waals surface area contributed by atoms with Crippen LogP contribution in [0.2, 0.25) is 0 Å². The van der Waals surface area contributed by atoms with Crippen LogP contribution >= 0.6 is 0 Å². The Labute approximate surface area is 134 Å². The largest absolute Gasteiger partial charge is 0.391 e. The van der Waals surface area contributed by atoms with Crippen molar-refractivity contribution >= 4 is 6.03 Å². The Bertz CT molecular complexity index is 345. The minimum absolute atomic E-state index is 0.0818. The highest BCUT2D eigenvalue weighted by Gasteiger charge is 2.24. The zero-order chi connectivity index (χ0) is 15.9. The molecule has 0 spiro atoms. The van der Waals surface area contributed by atoms with Crippen molar-refractivity contribution in [1.29, 1.82) is 0 Å². The summed E-state index contributed by atoms with van der Waals surface area (Å²) >= 11 is 0. The lowest BCUT2D eigenvalue weighted by Crippen LogP contribution is -2.50. The average Bonchev–Trinajstić information content (AvgIpc) is 2.50. The number of amides is 2. The normalized spacial score (nSPS) is 29.0. The molecule has 6 nitrogen and oxygen atoms in total. The number of hydrogen-bond donors (Lipinski definition) is 3. The number of nitrogens with one attached hydrogen (secondary N) is 2. The maximum atomic E-state index is 11.9. The molecule has 1 saturated heterocycles. The van der Waals surface area contributed by atoms with Crippen LogP contribution in [0.15, 0.2) is 0 Å². The first-order valence-corrected chi connectivity index (χ1v) is 8.68. The van der Waals surface area contributed by atoms with Crippen LogP contribution in [0.1, 0.15) is 32.6 Å². The number of likely N-dealkylation sites (N-methyl/N-ethyl adjacent to an activating group) is 1. The van der Waals surface area contributed by atoms with Crippen LogP contribution < -0.4 is 10.6 Å². The highest BCUT2D eigenvalue weighted by atomic mass is 16.3. The summed E-state index contributed by atoms with van der Waals surface area (Å²) in [5, 5.41) is 15.7. The van der Waals surface area contributed by atoms with Gasteiger partial charge >= 0.3 is 6.03 Å². The molecule has 22 heavy (non-hydrogen) atoms. The second-order valence-corrected chi connectivity index (χ2v) is 7.02. The van der Waals surface area contributed by atoms with E-state index in [0.717, 1.165) is 58.4 Å². The molecule has 128 valence electrons. The Balaban J connectivity index is 1.61. The van der Waals surface area contributed by atoms with Crippen molar-refractivity contribution in [3.8, 4) is 0 Å². The third-order valence-corrected chi connectivity index (χ3v) is 4.82. The quantitative estimate of drug-likeness (QED) is 0.690. The summed E-state index contributed by atoms with van der Waals surface area (Å²) in [6.07, 6.45) is 3.43. The van der Waals surface area contributed by atoms with E-state index in [2.05, 4.69) is 34.4 Å². The number of aliphatic hydroxyl groups excluding tert-OH is 1. The third-order valence-electron chi connectivity index (χ3n) is 4.82. The van der Waals surface area contributed by atoms with E-state index in [1.807, 2.05) is 0 Å². The minimum atomic E-state index is -0.387. The van der Waals surface area contributed by atoms with Gasteiger partial charge in [-0.1, -0.05) is 19.8 Å². The molecular formula is C16H32N4O2. The molecule has 2 fully saturated rings. The predicted molar refractivity (Wildman–Crippen MR) is 87.9 cm³/mol. The number of carbonyl (C=O) groups is 1. The fraction of sp³-hybridized carbons (Fsp3) is 0.938. The van der Waals surface area contributed by atoms with Crippen LogP contribution in [-0.2, 0) is 0 Å². The Morgan fingerprint density at radius 2 is 1.91 bits per heavy atom. The van der Waals surface area contributed by atoms with Crippen LogP contribution in [0.5, 0.6) is 0 Å². The number of nitrogens with zero attached hydrogens (tertiary/aromatic N) is 2. The second kappa shape index (κ2) is 8.70. The zero-order valence-corrected chi connectivity index (χ0v) is 14.1. The number of urea groups is 1. The highest BCUT2D eigenvalue weighted by Crippen LogP contribution is 2.18. The lowest BCUT2D eigenvalue weighted by Gasteiger charge is -2.34. The van der Waals surface area contributed by atoms with Gasteiger partial charge in [0.1, 0.15) is 0 Å². The molecule has 2 rings (SSSR count). The highest BCUT2D eigenvalue weighted by molar-refractivity contribution is 5.74. The fourth-order valence-electron chi connectivity index (χ4n) is 3.30. The van der Waals surface area contributed by atoms with Crippen molar-refractivity contribution in [2.45, 2.75) is 44.8 Å². The molecule has 1 heterocycles. The zero-order valence-electron chi connectivity index (χ0n) is 14.1. The summed E-state index contributed by atoms with van der Waals surface area (Å²) in [5.74, 6) is 0.436. The molecule has 3 N–H and O–H groups in total. The van der Waals surface area contributed by atoms with Crippen LogP contribution in [-0.4, -0.2) is 79.4 Å². The molecule has 0 bridgehead atoms. The molecule has 0 aromatic heterocycles. The van der Waals surface area contributed by atoms with E-state index < -0.39 is 0 Å². The molecule has 0 radical (unpaired) electrons. The number of rotatable bonds is 5. The Kier molecular flexibility index (Phi) is 6.92. The van der Waals surface area contributed by atoms with Gasteiger partial charge in [0.15, 0.2) is 0 Å². The summed E-state index contributed by atoms with van der Waals surface area (Å²) in [7, 11) is 2.16. The molecule has 1 saturated carbocycles. The van der Waals surface area contributed by atoms with Gasteiger partial charge < -0.3 is 25.5 Å². The van der Waals surface area contributed by atoms with Crippen molar-refractivity contribution in [1.82, 2.24) is 20.4 Å². The van der Waals surface area contributed by atoms with Gasteiger partial charge in [-0.25, -0.2) is 4.79 Å². The van der Waals surface area contributed by atoms with E-state index in [-0.39, 0.29) is 18.2 Å². The molecule has 2 aliphatic rings. The van der Waals surface area contributed by atoms with Crippen LogP contribution in [0.3, 0.4) is 0 Å². The molecule has 1 aliphatic heterocycles. The van der Waals surface area contributed by atoms with Gasteiger partial charge in [-0.2, -0.15) is 0 Å². The smallest absolute Gasteiger partial charge is 0.315 e. The van der Waals surface area contributed by atoms with Gasteiger partial charge in [0.05, 0.1) is 12.1 Å². The van der Waals surface area contributed by atoms with Gasteiger partial charge in [0, 0.05) is 39.3 Å². The maximum absolute atomic E-state index is 11.9. The second-order valence-electron chi connectivity index (χ2n) is 7.02. The molecule has 2 amide bonds. The summed E-state index contributed by atoms with van der Waals surface area (Å²) in [4.78, 5) is 16.8. The van der Waals surface area contributed by atoms with Crippen LogP contribution in [0.4, 0.5) is 4.79 Å². The van der Waals surface area contributed by atoms with Gasteiger partial charge in [0.2, 0.25) is 0 Å². The summed E-state index contributed by atoms with van der Waals surface area (Å²) < 4.78 is 0. The Morgan fingerprint density at radius 3 is 2.59 bits per heavy atom. The SMILES string of the molecule is CC(CNC(=O)NC1CCCCC1O)CN1CCN(C)CC1. The van der Waals surface area contributed by atoms with E-state index in [1.54, 1.807) is 0 Å². The molecule has 3 atom stereocenters. The topological polar surface area (TPSA) is 67.8 Å². The van der Waals surface area contributed by atoms with E-state index >= 15 is 0 Å². The van der Waals surface area contributed by atoms with E-state index in [4.69, 9.17) is 0 Å². The van der Waals surface area contributed by atoms with Crippen molar-refractivity contribution in [3.05, 3.63) is 0 Å². The lowest BCUT2D eigenvalue weighted by molar-refractivity contribution is 0.0940. The number of carbonyl (C=O) groups excluding carboxylic acids is 1. The molecule has 0 aromatic carbocycles. The van der Waals surface area contributed by atoms with Crippen LogP contribution in [0.25, 0.3) is 0 Å². The minimum Gasteiger partial charge on any atom is -0.391 e. The van der Waals surface area contributed by atoms with Crippen molar-refractivity contribution in [3.63, 3.8) is 0 Å². The van der Waals surface area contributed by atoms with Crippen LogP contribution in [0, 0.1) is 5.92 Å². The first-order valence-electron chi connectivity index (χ1n) is 8.68. The predicted octanol–water partition coefficient (Wildman–Crippen LogP) is 0.473. The average molecular weight is 312 g/mol. The Morgan fingerprint density at radius 1 is 1.23 bits per heavy atom. The molecular weight excluding hydrogens is 280 g/mol. The maximum Gasteiger partial charge on any atom is 0.315 e. The standard InChI is InChI=1S/C16H32N4O2/c1-13(12-20-9-7-19(2)8-10-20)11-17-16(22)18-14-5-3-4-6-15(14)21/h13-15,21H,3-12H2,1-2H3,(H2,17,18,22). The monoisotopic (exact) mass is 312 g/mol. The summed E-state index contributed by atoms with van der Waals surface area (Å²) in [5.41, 5.74) is 0. The lowest BCUT2D eigenvalue weighted by atomic mass is 9.93. The van der Waals surface area contributed by atoms with Crippen molar-refractivity contribution < 1.29 is 9.90 Å². The summed E-state index contributed by atoms with van der Waals surface area (Å²) in [6.45, 7) is 8.36. The van der Waals surface area contributed by atoms with Crippen molar-refractivity contribution in [2.75, 3.05) is 46.3 Å². The van der Waals surface area contributed by atoms with E-state index in [9.17, 15) is 9.90 Å². The number of piperazine rings is 1. The van der Waals surface area contributed by atoms with Gasteiger partial charge in [-0.3, -0.25) is 0 Å². The van der Waals surface area contributed by atoms with Gasteiger partial charge in [-0.05, 0) is 25.8 Å². The van der Waals surface area contributed by atoms with E-state index in [0.29, 0.717) is 12.5 Å². The molecule has 3 unspecified atom stereocenters. The molecule has 0 aromatic rings. The fourth-order valence-corrected chi connectivity index (χ4v) is 3.30. The first kappa shape index (κ1) is 17.5. The number of hydrogen-bond acceptors (Lipinski definition) is 4. The van der Waals surface area contributed by atoms with Crippen molar-refractivity contribution in [2.24, 2.45) is 5.92 Å². The molecule has 1 aliphatic carbocycles. The Hall–Kier alpha value is -0.850. The van der Waals surface area contributed by atoms with Gasteiger partial charge in [-0.15, -0.1) is 0 Å². The first-order chi connectivity index (χ1) is 10.5. The van der Waals surface area contributed by atoms with Gasteiger partial charge in [0.25, 0.3) is 0 Å². The molecule has 6 heteroatoms.